The van der Waals surface area contributed by atoms with Gasteiger partial charge in [-0.2, -0.15) is 0 Å². The van der Waals surface area contributed by atoms with Crippen molar-refractivity contribution < 1.29 is 9.00 Å². The molecule has 1 N–H and O–H groups in total. The molecule has 0 saturated carbocycles. The molecule has 1 heterocycles. The van der Waals surface area contributed by atoms with Gasteiger partial charge in [0.25, 0.3) is 0 Å². The zero-order valence-electron chi connectivity index (χ0n) is 11.9. The molecule has 6 heteroatoms. The average molecular weight is 302 g/mol. The van der Waals surface area contributed by atoms with Crippen molar-refractivity contribution in [2.75, 3.05) is 6.54 Å². The molecule has 2 atom stereocenters. The average Bonchev–Trinajstić information content (AvgIpc) is 2.82. The number of nitrogens with one attached hydrogen (secondary N) is 1. The van der Waals surface area contributed by atoms with Crippen molar-refractivity contribution in [3.05, 3.63) is 16.1 Å². The summed E-state index contributed by atoms with van der Waals surface area (Å²) in [7, 11) is -1.22. The van der Waals surface area contributed by atoms with Gasteiger partial charge in [0.2, 0.25) is 5.91 Å². The van der Waals surface area contributed by atoms with Gasteiger partial charge in [0.1, 0.15) is 5.25 Å². The first-order chi connectivity index (χ1) is 8.93. The van der Waals surface area contributed by atoms with E-state index in [-0.39, 0.29) is 5.91 Å². The molecule has 108 valence electrons. The summed E-state index contributed by atoms with van der Waals surface area (Å²) >= 11 is 1.58. The molecule has 0 aliphatic rings. The van der Waals surface area contributed by atoms with Crippen LogP contribution in [-0.4, -0.2) is 26.9 Å². The number of carbonyl (C=O) groups is 1. The lowest BCUT2D eigenvalue weighted by molar-refractivity contribution is -0.120. The number of aryl methyl sites for hydroxylation is 1. The second kappa shape index (κ2) is 7.75. The van der Waals surface area contributed by atoms with E-state index in [0.29, 0.717) is 18.2 Å². The molecular weight excluding hydrogens is 280 g/mol. The number of hydrogen-bond donors (Lipinski definition) is 1. The Hall–Kier alpha value is -0.750. The van der Waals surface area contributed by atoms with Gasteiger partial charge in [0.15, 0.2) is 0 Å². The fourth-order valence-corrected chi connectivity index (χ4v) is 3.28. The molecule has 0 fully saturated rings. The number of thiazole rings is 1. The number of carbonyl (C=O) groups excluding carboxylic acids is 1. The van der Waals surface area contributed by atoms with E-state index in [4.69, 9.17) is 0 Å². The second-order valence-electron chi connectivity index (χ2n) is 4.89. The van der Waals surface area contributed by atoms with E-state index in [1.807, 2.05) is 26.2 Å². The first-order valence-electron chi connectivity index (χ1n) is 6.52. The fraction of sp³-hybridized carbons (Fsp3) is 0.692. The summed E-state index contributed by atoms with van der Waals surface area (Å²) in [6, 6.07) is 0. The summed E-state index contributed by atoms with van der Waals surface area (Å²) in [4.78, 5) is 16.2. The number of hydrogen-bond acceptors (Lipinski definition) is 4. The van der Waals surface area contributed by atoms with Gasteiger partial charge in [-0.05, 0) is 19.3 Å². The third kappa shape index (κ3) is 5.40. The van der Waals surface area contributed by atoms with Gasteiger partial charge >= 0.3 is 0 Å². The van der Waals surface area contributed by atoms with E-state index in [1.54, 1.807) is 18.3 Å². The van der Waals surface area contributed by atoms with Crippen LogP contribution in [0, 0.1) is 5.92 Å². The van der Waals surface area contributed by atoms with Crippen molar-refractivity contribution in [2.45, 2.75) is 45.1 Å². The van der Waals surface area contributed by atoms with Crippen LogP contribution in [0.25, 0.3) is 0 Å². The second-order valence-corrected chi connectivity index (χ2v) is 7.59. The van der Waals surface area contributed by atoms with E-state index in [2.05, 4.69) is 10.3 Å². The first-order valence-corrected chi connectivity index (χ1v) is 8.78. The van der Waals surface area contributed by atoms with Crippen LogP contribution in [0.4, 0.5) is 0 Å². The van der Waals surface area contributed by atoms with Crippen LogP contribution >= 0.6 is 11.3 Å². The maximum atomic E-state index is 12.1. The Balaban J connectivity index is 2.50. The Morgan fingerprint density at radius 2 is 2.16 bits per heavy atom. The molecule has 0 bridgehead atoms. The van der Waals surface area contributed by atoms with E-state index in [1.165, 1.54) is 0 Å². The molecular formula is C13H22N2O2S2. The highest BCUT2D eigenvalue weighted by Gasteiger charge is 2.20. The molecule has 0 radical (unpaired) electrons. The quantitative estimate of drug-likeness (QED) is 0.839. The number of amides is 1. The molecule has 0 spiro atoms. The predicted octanol–water partition coefficient (Wildman–Crippen LogP) is 2.11. The standard InChI is InChI=1S/C13H22N2O2S2/c1-5-12-15-11(7-18-12)8-19(17)10(4)13(16)14-6-9(2)3/h7,9-10H,5-6,8H2,1-4H3,(H,14,16)/t10-,19-/m0/s1. The molecule has 1 rings (SSSR count). The summed E-state index contributed by atoms with van der Waals surface area (Å²) in [5, 5.41) is 5.29. The summed E-state index contributed by atoms with van der Waals surface area (Å²) in [6.45, 7) is 8.43. The maximum absolute atomic E-state index is 12.1. The Labute approximate surface area is 121 Å². The lowest BCUT2D eigenvalue weighted by Gasteiger charge is -2.12. The Bertz CT molecular complexity index is 444. The van der Waals surface area contributed by atoms with Gasteiger partial charge in [-0.15, -0.1) is 11.3 Å². The SMILES string of the molecule is CCc1nc(C[S@](=O)[C@@H](C)C(=O)NCC(C)C)cs1. The molecule has 4 nitrogen and oxygen atoms in total. The van der Waals surface area contributed by atoms with Crippen molar-refractivity contribution >= 4 is 28.0 Å². The molecule has 0 aliphatic carbocycles. The molecule has 1 aromatic heterocycles. The van der Waals surface area contributed by atoms with Crippen molar-refractivity contribution in [3.8, 4) is 0 Å². The number of nitrogens with zero attached hydrogens (tertiary/aromatic N) is 1. The summed E-state index contributed by atoms with van der Waals surface area (Å²) in [6.07, 6.45) is 0.891. The van der Waals surface area contributed by atoms with Crippen LogP contribution in [0.5, 0.6) is 0 Å². The molecule has 0 saturated heterocycles. The van der Waals surface area contributed by atoms with Crippen LogP contribution in [0.15, 0.2) is 5.38 Å². The lowest BCUT2D eigenvalue weighted by Crippen LogP contribution is -2.37. The van der Waals surface area contributed by atoms with Crippen LogP contribution in [0.3, 0.4) is 0 Å². The number of rotatable bonds is 7. The Morgan fingerprint density at radius 3 is 2.68 bits per heavy atom. The van der Waals surface area contributed by atoms with E-state index >= 15 is 0 Å². The Morgan fingerprint density at radius 1 is 1.47 bits per heavy atom. The third-order valence-electron chi connectivity index (χ3n) is 2.64. The van der Waals surface area contributed by atoms with Gasteiger partial charge < -0.3 is 5.32 Å². The first kappa shape index (κ1) is 16.3. The predicted molar refractivity (Wildman–Crippen MR) is 80.6 cm³/mol. The lowest BCUT2D eigenvalue weighted by atomic mass is 10.2. The van der Waals surface area contributed by atoms with E-state index in [9.17, 15) is 9.00 Å². The smallest absolute Gasteiger partial charge is 0.235 e. The molecule has 0 aromatic carbocycles. The van der Waals surface area contributed by atoms with Crippen molar-refractivity contribution in [2.24, 2.45) is 5.92 Å². The van der Waals surface area contributed by atoms with Gasteiger partial charge in [-0.25, -0.2) is 4.98 Å². The minimum Gasteiger partial charge on any atom is -0.355 e. The summed E-state index contributed by atoms with van der Waals surface area (Å²) in [5.41, 5.74) is 0.823. The monoisotopic (exact) mass is 302 g/mol. The van der Waals surface area contributed by atoms with E-state index < -0.39 is 16.0 Å². The van der Waals surface area contributed by atoms with E-state index in [0.717, 1.165) is 17.1 Å². The molecule has 1 aromatic rings. The van der Waals surface area contributed by atoms with Gasteiger partial charge in [0.05, 0.1) is 16.5 Å². The van der Waals surface area contributed by atoms with Crippen molar-refractivity contribution in [3.63, 3.8) is 0 Å². The fourth-order valence-electron chi connectivity index (χ4n) is 1.42. The number of aromatic nitrogens is 1. The normalized spacial score (nSPS) is 14.4. The van der Waals surface area contributed by atoms with Crippen LogP contribution in [0.2, 0.25) is 0 Å². The van der Waals surface area contributed by atoms with Gasteiger partial charge in [-0.3, -0.25) is 9.00 Å². The highest BCUT2D eigenvalue weighted by molar-refractivity contribution is 7.85. The minimum absolute atomic E-state index is 0.141. The molecule has 0 unspecified atom stereocenters. The maximum Gasteiger partial charge on any atom is 0.235 e. The van der Waals surface area contributed by atoms with Crippen LogP contribution in [0.1, 0.15) is 38.4 Å². The largest absolute Gasteiger partial charge is 0.355 e. The van der Waals surface area contributed by atoms with Crippen molar-refractivity contribution in [1.29, 1.82) is 0 Å². The van der Waals surface area contributed by atoms with Gasteiger partial charge in [0, 0.05) is 22.7 Å². The Kier molecular flexibility index (Phi) is 6.65. The molecule has 19 heavy (non-hydrogen) atoms. The topological polar surface area (TPSA) is 59.1 Å². The zero-order valence-corrected chi connectivity index (χ0v) is 13.6. The third-order valence-corrected chi connectivity index (χ3v) is 5.27. The molecule has 0 aliphatic heterocycles. The minimum atomic E-state index is -1.22. The van der Waals surface area contributed by atoms with Crippen LogP contribution < -0.4 is 5.32 Å². The summed E-state index contributed by atoms with van der Waals surface area (Å²) < 4.78 is 12.1. The van der Waals surface area contributed by atoms with Crippen molar-refractivity contribution in [1.82, 2.24) is 10.3 Å². The highest BCUT2D eigenvalue weighted by atomic mass is 32.2. The molecule has 1 amide bonds. The zero-order chi connectivity index (χ0) is 14.4. The van der Waals surface area contributed by atoms with Gasteiger partial charge in [-0.1, -0.05) is 20.8 Å². The van der Waals surface area contributed by atoms with Crippen LogP contribution in [-0.2, 0) is 27.8 Å². The summed E-state index contributed by atoms with van der Waals surface area (Å²) in [5.74, 6) is 0.612. The highest BCUT2D eigenvalue weighted by Crippen LogP contribution is 2.13.